The van der Waals surface area contributed by atoms with Crippen LogP contribution in [0.15, 0.2) is 5.38 Å². The van der Waals surface area contributed by atoms with Gasteiger partial charge in [-0.2, -0.15) is 13.2 Å². The number of thiazole rings is 1. The summed E-state index contributed by atoms with van der Waals surface area (Å²) in [6.07, 6.45) is -0.662. The number of piperidine rings is 1. The Hall–Kier alpha value is -1.72. The van der Waals surface area contributed by atoms with E-state index in [0.29, 0.717) is 12.5 Å². The average molecular weight is 449 g/mol. The predicted octanol–water partition coefficient (Wildman–Crippen LogP) is 2.59. The summed E-state index contributed by atoms with van der Waals surface area (Å²) < 4.78 is 37.6. The second-order valence-corrected chi connectivity index (χ2v) is 9.05. The van der Waals surface area contributed by atoms with Crippen molar-refractivity contribution in [3.05, 3.63) is 16.1 Å². The van der Waals surface area contributed by atoms with Crippen molar-refractivity contribution in [1.82, 2.24) is 15.2 Å². The fourth-order valence-corrected chi connectivity index (χ4v) is 4.70. The Morgan fingerprint density at radius 1 is 1.40 bits per heavy atom. The summed E-state index contributed by atoms with van der Waals surface area (Å²) in [6, 6.07) is 0. The van der Waals surface area contributed by atoms with Gasteiger partial charge < -0.3 is 15.2 Å². The van der Waals surface area contributed by atoms with E-state index in [9.17, 15) is 18.0 Å². The molecule has 0 aromatic carbocycles. The molecule has 1 aromatic heterocycles. The summed E-state index contributed by atoms with van der Waals surface area (Å²) in [5.74, 6) is -1.83. The number of carbonyl (C=O) groups is 2. The number of ether oxygens (including phenoxy) is 1. The topological polar surface area (TPSA) is 91.8 Å². The Kier molecular flexibility index (Phi) is 7.03. The number of alkyl halides is 3. The molecule has 2 saturated heterocycles. The van der Waals surface area contributed by atoms with Crippen LogP contribution >= 0.6 is 11.3 Å². The van der Waals surface area contributed by atoms with E-state index in [4.69, 9.17) is 14.6 Å². The quantitative estimate of drug-likeness (QED) is 0.718. The normalized spacial score (nSPS) is 26.5. The molecule has 1 aromatic rings. The molecule has 2 atom stereocenters. The van der Waals surface area contributed by atoms with E-state index in [1.165, 1.54) is 12.8 Å². The number of carbonyl (C=O) groups excluding carboxylic acids is 1. The Bertz CT molecular complexity index is 768. The summed E-state index contributed by atoms with van der Waals surface area (Å²) in [5, 5.41) is 13.6. The van der Waals surface area contributed by atoms with Gasteiger partial charge in [0.25, 0.3) is 0 Å². The molecule has 2 N–H and O–H groups in total. The summed E-state index contributed by atoms with van der Waals surface area (Å²) in [7, 11) is 0. The minimum atomic E-state index is -5.08. The van der Waals surface area contributed by atoms with Crippen molar-refractivity contribution in [1.29, 1.82) is 0 Å². The van der Waals surface area contributed by atoms with Gasteiger partial charge in [0.05, 0.1) is 18.1 Å². The molecular weight excluding hydrogens is 423 g/mol. The van der Waals surface area contributed by atoms with Crippen molar-refractivity contribution < 1.29 is 32.6 Å². The Morgan fingerprint density at radius 2 is 2.10 bits per heavy atom. The number of aryl methyl sites for hydroxylation is 1. The lowest BCUT2D eigenvalue weighted by molar-refractivity contribution is -0.192. The first-order chi connectivity index (χ1) is 14.1. The van der Waals surface area contributed by atoms with E-state index in [0.717, 1.165) is 49.7 Å². The Morgan fingerprint density at radius 3 is 2.67 bits per heavy atom. The van der Waals surface area contributed by atoms with Crippen molar-refractivity contribution >= 4 is 23.2 Å². The Labute approximate surface area is 176 Å². The summed E-state index contributed by atoms with van der Waals surface area (Å²) in [4.78, 5) is 28.8. The van der Waals surface area contributed by atoms with Gasteiger partial charge in [-0.1, -0.05) is 0 Å². The van der Waals surface area contributed by atoms with Crippen LogP contribution in [0, 0.1) is 18.3 Å². The molecule has 0 unspecified atom stereocenters. The number of nitrogens with one attached hydrogen (secondary N) is 1. The minimum Gasteiger partial charge on any atom is -0.475 e. The second-order valence-electron chi connectivity index (χ2n) is 8.10. The highest BCUT2D eigenvalue weighted by atomic mass is 32.1. The third-order valence-corrected chi connectivity index (χ3v) is 6.62. The van der Waals surface area contributed by atoms with Crippen molar-refractivity contribution in [2.45, 2.75) is 51.4 Å². The first-order valence-corrected chi connectivity index (χ1v) is 10.8. The van der Waals surface area contributed by atoms with Gasteiger partial charge in [-0.15, -0.1) is 11.3 Å². The van der Waals surface area contributed by atoms with Gasteiger partial charge in [0.1, 0.15) is 5.01 Å². The van der Waals surface area contributed by atoms with Crippen LogP contribution in [0.1, 0.15) is 36.4 Å². The van der Waals surface area contributed by atoms with Crippen LogP contribution in [-0.4, -0.2) is 65.4 Å². The standard InChI is InChI=1S/C17H25N3O2S.C2HF3O2/c1-12-10-23-15(19-12)9-20-6-4-14-17(11-20,5-7-22-14)16(21)18-8-13-2-3-13;3-2(4,5)1(6)7/h10,13-14H,2-9,11H2,1H3,(H,18,21);(H,6,7)/t14-,17-;/m1./s1. The molecule has 3 heterocycles. The number of hydrogen-bond acceptors (Lipinski definition) is 6. The van der Waals surface area contributed by atoms with Crippen LogP contribution in [0.4, 0.5) is 13.2 Å². The minimum absolute atomic E-state index is 0.0935. The number of hydrogen-bond donors (Lipinski definition) is 2. The van der Waals surface area contributed by atoms with Gasteiger partial charge in [0.15, 0.2) is 0 Å². The molecule has 168 valence electrons. The number of rotatable bonds is 5. The smallest absolute Gasteiger partial charge is 0.475 e. The predicted molar refractivity (Wildman–Crippen MR) is 103 cm³/mol. The molecule has 2 aliphatic heterocycles. The molecule has 3 fully saturated rings. The van der Waals surface area contributed by atoms with Gasteiger partial charge in [-0.25, -0.2) is 9.78 Å². The number of fused-ring (bicyclic) bond motifs is 1. The molecule has 1 amide bonds. The average Bonchev–Trinajstić information content (AvgIpc) is 3.26. The number of nitrogens with zero attached hydrogens (tertiary/aromatic N) is 2. The Balaban J connectivity index is 0.000000318. The molecule has 0 spiro atoms. The lowest BCUT2D eigenvalue weighted by atomic mass is 9.75. The summed E-state index contributed by atoms with van der Waals surface area (Å²) in [5.41, 5.74) is 0.736. The van der Waals surface area contributed by atoms with Crippen LogP contribution in [0.5, 0.6) is 0 Å². The number of aliphatic carboxylic acids is 1. The van der Waals surface area contributed by atoms with Gasteiger partial charge in [0.2, 0.25) is 5.91 Å². The van der Waals surface area contributed by atoms with E-state index in [1.54, 1.807) is 11.3 Å². The maximum absolute atomic E-state index is 12.9. The number of amides is 1. The summed E-state index contributed by atoms with van der Waals surface area (Å²) >= 11 is 1.71. The highest BCUT2D eigenvalue weighted by Crippen LogP contribution is 2.42. The SMILES string of the molecule is Cc1csc(CN2CC[C@H]3OCC[C@@]3(C(=O)NCC3CC3)C2)n1.O=C(O)C(F)(F)F. The zero-order chi connectivity index (χ0) is 21.9. The molecule has 0 bridgehead atoms. The van der Waals surface area contributed by atoms with Crippen molar-refractivity contribution in [3.8, 4) is 0 Å². The largest absolute Gasteiger partial charge is 0.490 e. The van der Waals surface area contributed by atoms with Crippen molar-refractivity contribution in [2.75, 3.05) is 26.2 Å². The molecule has 0 radical (unpaired) electrons. The van der Waals surface area contributed by atoms with Crippen LogP contribution in [0.2, 0.25) is 0 Å². The highest BCUT2D eigenvalue weighted by Gasteiger charge is 2.53. The molecule has 7 nitrogen and oxygen atoms in total. The van der Waals surface area contributed by atoms with E-state index in [-0.39, 0.29) is 17.4 Å². The lowest BCUT2D eigenvalue weighted by Crippen LogP contribution is -2.57. The first kappa shape index (κ1) is 23.0. The molecule has 30 heavy (non-hydrogen) atoms. The molecule has 1 saturated carbocycles. The molecule has 11 heteroatoms. The van der Waals surface area contributed by atoms with E-state index >= 15 is 0 Å². The zero-order valence-corrected chi connectivity index (χ0v) is 17.5. The molecular formula is C19H26F3N3O4S. The number of carboxylic acids is 1. The van der Waals surface area contributed by atoms with Gasteiger partial charge in [0, 0.05) is 37.3 Å². The van der Waals surface area contributed by atoms with Crippen LogP contribution < -0.4 is 5.32 Å². The van der Waals surface area contributed by atoms with Crippen LogP contribution in [0.25, 0.3) is 0 Å². The first-order valence-electron chi connectivity index (χ1n) is 9.93. The third-order valence-electron chi connectivity index (χ3n) is 5.67. The molecule has 1 aliphatic carbocycles. The number of likely N-dealkylation sites (tertiary alicyclic amines) is 1. The fraction of sp³-hybridized carbons (Fsp3) is 0.737. The monoisotopic (exact) mass is 449 g/mol. The third kappa shape index (κ3) is 5.70. The van der Waals surface area contributed by atoms with E-state index in [1.807, 2.05) is 6.92 Å². The zero-order valence-electron chi connectivity index (χ0n) is 16.7. The van der Waals surface area contributed by atoms with Gasteiger partial charge >= 0.3 is 12.1 Å². The lowest BCUT2D eigenvalue weighted by Gasteiger charge is -2.42. The number of halogens is 3. The maximum Gasteiger partial charge on any atom is 0.490 e. The molecule has 3 aliphatic rings. The van der Waals surface area contributed by atoms with Crippen LogP contribution in [0.3, 0.4) is 0 Å². The van der Waals surface area contributed by atoms with Crippen LogP contribution in [-0.2, 0) is 20.9 Å². The fourth-order valence-electron chi connectivity index (χ4n) is 3.89. The number of aromatic nitrogens is 1. The van der Waals surface area contributed by atoms with Crippen molar-refractivity contribution in [3.63, 3.8) is 0 Å². The van der Waals surface area contributed by atoms with E-state index in [2.05, 4.69) is 20.6 Å². The maximum atomic E-state index is 12.9. The highest BCUT2D eigenvalue weighted by molar-refractivity contribution is 7.09. The van der Waals surface area contributed by atoms with Gasteiger partial charge in [-0.05, 0) is 38.5 Å². The molecule has 4 rings (SSSR count). The summed E-state index contributed by atoms with van der Waals surface area (Å²) in [6.45, 7) is 6.23. The second kappa shape index (κ2) is 9.19. The van der Waals surface area contributed by atoms with Gasteiger partial charge in [-0.3, -0.25) is 9.69 Å². The van der Waals surface area contributed by atoms with E-state index < -0.39 is 12.1 Å². The van der Waals surface area contributed by atoms with Crippen molar-refractivity contribution in [2.24, 2.45) is 11.3 Å². The number of carboxylic acid groups (broad SMARTS) is 1.